The summed E-state index contributed by atoms with van der Waals surface area (Å²) in [6, 6.07) is 77.2. The van der Waals surface area contributed by atoms with E-state index >= 15 is 0 Å². The highest BCUT2D eigenvalue weighted by Gasteiger charge is 2.39. The van der Waals surface area contributed by atoms with Crippen molar-refractivity contribution < 1.29 is 0 Å². The van der Waals surface area contributed by atoms with Crippen LogP contribution in [0.1, 0.15) is 25.0 Å². The predicted molar refractivity (Wildman–Crippen MR) is 263 cm³/mol. The van der Waals surface area contributed by atoms with E-state index in [1.54, 1.807) is 0 Å². The van der Waals surface area contributed by atoms with Crippen LogP contribution in [0.4, 0.5) is 0 Å². The largest absolute Gasteiger partial charge is 0.0616 e. The molecule has 0 atom stereocenters. The quantitative estimate of drug-likeness (QED) is 0.124. The van der Waals surface area contributed by atoms with Crippen LogP contribution in [0.3, 0.4) is 0 Å². The zero-order valence-corrected chi connectivity index (χ0v) is 34.1. The van der Waals surface area contributed by atoms with Crippen molar-refractivity contribution in [2.45, 2.75) is 19.3 Å². The Balaban J connectivity index is 1.01. The Labute approximate surface area is 355 Å². The Kier molecular flexibility index (Phi) is 7.17. The zero-order valence-electron chi connectivity index (χ0n) is 34.1. The molecule has 0 radical (unpaired) electrons. The third kappa shape index (κ3) is 4.76. The number of hydrogen-bond acceptors (Lipinski definition) is 0. The molecule has 12 aromatic rings. The van der Waals surface area contributed by atoms with Crippen molar-refractivity contribution >= 4 is 75.4 Å². The molecule has 0 nitrogen and oxygen atoms in total. The molecule has 0 saturated carbocycles. The lowest BCUT2D eigenvalue weighted by Crippen LogP contribution is -2.16. The van der Waals surface area contributed by atoms with E-state index in [9.17, 15) is 0 Å². The fourth-order valence-electron chi connectivity index (χ4n) is 11.4. The molecule has 0 spiro atoms. The van der Waals surface area contributed by atoms with Gasteiger partial charge in [0, 0.05) is 5.41 Å². The van der Waals surface area contributed by atoms with Gasteiger partial charge in [-0.1, -0.05) is 214 Å². The fourth-order valence-corrected chi connectivity index (χ4v) is 11.4. The van der Waals surface area contributed by atoms with Gasteiger partial charge in [0.1, 0.15) is 0 Å². The van der Waals surface area contributed by atoms with Gasteiger partial charge in [-0.2, -0.15) is 0 Å². The first-order valence-corrected chi connectivity index (χ1v) is 21.5. The molecule has 0 fully saturated rings. The fraction of sp³-hybridized carbons (Fsp3) is 0.0492. The molecule has 0 aliphatic heterocycles. The SMILES string of the molecule is CC1(C)c2cc(-c3ccc(-c4c5ccccc5c(-c5cccc6ccccc56)c5ccccc45)cc3)c3ccccc3c2-c2ccc3c4ccccc4c4ccccc4c3c21. The van der Waals surface area contributed by atoms with Crippen molar-refractivity contribution in [3.63, 3.8) is 0 Å². The third-order valence-corrected chi connectivity index (χ3v) is 14.0. The van der Waals surface area contributed by atoms with Crippen molar-refractivity contribution in [3.8, 4) is 44.5 Å². The Bertz CT molecular complexity index is 3730. The van der Waals surface area contributed by atoms with E-state index in [1.165, 1.54) is 131 Å². The summed E-state index contributed by atoms with van der Waals surface area (Å²) < 4.78 is 0. The standard InChI is InChI=1S/C61H40/c1-61(2)55-36-54(44-22-8-9-23-46(44)58(55)53-35-34-52-43-21-6-5-19-41(43)42-20-7-10-24-47(42)59(52)60(53)61)38-30-32-39(33-31-38)56-48-25-11-13-27-50(48)57(51-28-14-12-26-49(51)56)45-29-15-17-37-16-3-4-18-40(37)45/h3-36H,1-2H3. The van der Waals surface area contributed by atoms with Gasteiger partial charge in [-0.15, -0.1) is 0 Å². The number of rotatable bonds is 3. The molecule has 13 rings (SSSR count). The van der Waals surface area contributed by atoms with Crippen molar-refractivity contribution in [3.05, 3.63) is 217 Å². The summed E-state index contributed by atoms with van der Waals surface area (Å²) >= 11 is 0. The van der Waals surface area contributed by atoms with E-state index in [0.29, 0.717) is 0 Å². The van der Waals surface area contributed by atoms with Crippen molar-refractivity contribution in [2.75, 3.05) is 0 Å². The molecule has 12 aromatic carbocycles. The molecule has 0 heterocycles. The molecule has 0 amide bonds. The first kappa shape index (κ1) is 34.3. The van der Waals surface area contributed by atoms with Gasteiger partial charge in [0.15, 0.2) is 0 Å². The molecule has 0 bridgehead atoms. The van der Waals surface area contributed by atoms with E-state index in [-0.39, 0.29) is 5.41 Å². The highest BCUT2D eigenvalue weighted by molar-refractivity contribution is 6.28. The maximum atomic E-state index is 2.52. The molecule has 0 N–H and O–H groups in total. The average Bonchev–Trinajstić information content (AvgIpc) is 3.56. The smallest absolute Gasteiger partial charge is 0.0165 e. The van der Waals surface area contributed by atoms with Gasteiger partial charge >= 0.3 is 0 Å². The average molecular weight is 773 g/mol. The van der Waals surface area contributed by atoms with Crippen molar-refractivity contribution in [2.24, 2.45) is 0 Å². The molecule has 1 aliphatic rings. The minimum atomic E-state index is -0.224. The van der Waals surface area contributed by atoms with Crippen molar-refractivity contribution in [1.29, 1.82) is 0 Å². The molecule has 0 unspecified atom stereocenters. The van der Waals surface area contributed by atoms with E-state index < -0.39 is 0 Å². The molecular weight excluding hydrogens is 733 g/mol. The second-order valence-corrected chi connectivity index (χ2v) is 17.5. The molecule has 61 heavy (non-hydrogen) atoms. The first-order valence-electron chi connectivity index (χ1n) is 21.5. The van der Waals surface area contributed by atoms with Gasteiger partial charge < -0.3 is 0 Å². The Hall–Kier alpha value is -7.54. The van der Waals surface area contributed by atoms with Gasteiger partial charge in [-0.3, -0.25) is 0 Å². The zero-order chi connectivity index (χ0) is 40.4. The minimum Gasteiger partial charge on any atom is -0.0616 e. The minimum absolute atomic E-state index is 0.224. The van der Waals surface area contributed by atoms with Crippen LogP contribution >= 0.6 is 0 Å². The number of fused-ring (bicyclic) bond motifs is 15. The Morgan fingerprint density at radius 3 is 1.34 bits per heavy atom. The van der Waals surface area contributed by atoms with Gasteiger partial charge in [0.25, 0.3) is 0 Å². The summed E-state index contributed by atoms with van der Waals surface area (Å²) in [6.45, 7) is 4.89. The number of benzene rings is 12. The highest BCUT2D eigenvalue weighted by atomic mass is 14.4. The topological polar surface area (TPSA) is 0 Å². The normalized spacial score (nSPS) is 13.2. The lowest BCUT2D eigenvalue weighted by molar-refractivity contribution is 0.667. The number of hydrogen-bond donors (Lipinski definition) is 0. The van der Waals surface area contributed by atoms with E-state index in [0.717, 1.165) is 0 Å². The Morgan fingerprint density at radius 1 is 0.279 bits per heavy atom. The molecule has 1 aliphatic carbocycles. The molecular formula is C61H40. The van der Waals surface area contributed by atoms with Crippen LogP contribution in [0.2, 0.25) is 0 Å². The predicted octanol–water partition coefficient (Wildman–Crippen LogP) is 17.1. The van der Waals surface area contributed by atoms with Crippen LogP contribution in [0.15, 0.2) is 206 Å². The highest BCUT2D eigenvalue weighted by Crippen LogP contribution is 2.57. The second kappa shape index (κ2) is 12.7. The summed E-state index contributed by atoms with van der Waals surface area (Å²) in [6.07, 6.45) is 0. The molecule has 0 heteroatoms. The van der Waals surface area contributed by atoms with Crippen molar-refractivity contribution in [1.82, 2.24) is 0 Å². The maximum absolute atomic E-state index is 2.52. The first-order chi connectivity index (χ1) is 30.1. The summed E-state index contributed by atoms with van der Waals surface area (Å²) in [5.74, 6) is 0. The van der Waals surface area contributed by atoms with E-state index in [1.807, 2.05) is 0 Å². The molecule has 0 aromatic heterocycles. The Morgan fingerprint density at radius 2 is 0.721 bits per heavy atom. The lowest BCUT2D eigenvalue weighted by Gasteiger charge is -2.25. The maximum Gasteiger partial charge on any atom is 0.0165 e. The molecule has 284 valence electrons. The second-order valence-electron chi connectivity index (χ2n) is 17.5. The van der Waals surface area contributed by atoms with Crippen LogP contribution in [-0.2, 0) is 5.41 Å². The monoisotopic (exact) mass is 772 g/mol. The lowest BCUT2D eigenvalue weighted by atomic mass is 9.77. The van der Waals surface area contributed by atoms with Crippen LogP contribution in [0.5, 0.6) is 0 Å². The van der Waals surface area contributed by atoms with Crippen LogP contribution < -0.4 is 0 Å². The third-order valence-electron chi connectivity index (χ3n) is 14.0. The van der Waals surface area contributed by atoms with Crippen LogP contribution in [-0.4, -0.2) is 0 Å². The van der Waals surface area contributed by atoms with E-state index in [4.69, 9.17) is 0 Å². The summed E-state index contributed by atoms with van der Waals surface area (Å²) in [7, 11) is 0. The summed E-state index contributed by atoms with van der Waals surface area (Å²) in [4.78, 5) is 0. The van der Waals surface area contributed by atoms with E-state index in [2.05, 4.69) is 220 Å². The van der Waals surface area contributed by atoms with Gasteiger partial charge in [0.05, 0.1) is 0 Å². The van der Waals surface area contributed by atoms with Crippen LogP contribution in [0, 0.1) is 0 Å². The van der Waals surface area contributed by atoms with Gasteiger partial charge in [-0.25, -0.2) is 0 Å². The van der Waals surface area contributed by atoms with Gasteiger partial charge in [-0.05, 0) is 137 Å². The summed E-state index contributed by atoms with van der Waals surface area (Å²) in [5, 5.41) is 18.2. The van der Waals surface area contributed by atoms with Gasteiger partial charge in [0.2, 0.25) is 0 Å². The molecule has 0 saturated heterocycles. The van der Waals surface area contributed by atoms with Crippen LogP contribution in [0.25, 0.3) is 120 Å². The summed E-state index contributed by atoms with van der Waals surface area (Å²) in [5.41, 5.74) is 12.9.